The fraction of sp³-hybridized carbons (Fsp3) is 0.929. The van der Waals surface area contributed by atoms with Crippen LogP contribution in [0.4, 0.5) is 0 Å². The Hall–Kier alpha value is -1.23. The molecule has 55 heavy (non-hydrogen) atoms. The van der Waals surface area contributed by atoms with Gasteiger partial charge in [-0.15, -0.1) is 0 Å². The van der Waals surface area contributed by atoms with E-state index < -0.39 is 86.0 Å². The van der Waals surface area contributed by atoms with E-state index in [1.165, 1.54) is 5.57 Å². The predicted molar refractivity (Wildman–Crippen MR) is 198 cm³/mol. The molecule has 2 saturated heterocycles. The quantitative estimate of drug-likeness (QED) is 0.138. The highest BCUT2D eigenvalue weighted by Crippen LogP contribution is 2.76. The Labute approximate surface area is 325 Å². The summed E-state index contributed by atoms with van der Waals surface area (Å²) in [6, 6.07) is 0. The van der Waals surface area contributed by atoms with Crippen molar-refractivity contribution in [1.29, 1.82) is 0 Å². The third kappa shape index (κ3) is 6.31. The van der Waals surface area contributed by atoms with Crippen molar-refractivity contribution in [3.63, 3.8) is 0 Å². The Morgan fingerprint density at radius 3 is 2.02 bits per heavy atom. The SMILES string of the molecule is CC1(C)CC[C@]2(C(=O)O)CC[C@]3(C)C(=CC[C@@H]4[C@@]5(C)CC[C@H](O[C@@H]6O[C@H](CO[C@@H]7O[C@H](CO)[C@H](O)[C@H](O)[C@H]7O)[C@@H](O)[C@H](O)[C@H]6O)C(C)(C)[C@@H]5CC[C@]43C)[C@@H]2C1. The molecule has 7 aliphatic rings. The number of hydrogen-bond donors (Lipinski definition) is 8. The van der Waals surface area contributed by atoms with Crippen molar-refractivity contribution in [3.8, 4) is 0 Å². The van der Waals surface area contributed by atoms with Crippen molar-refractivity contribution in [2.24, 2.45) is 50.2 Å². The molecule has 0 bridgehead atoms. The third-order valence-electron chi connectivity index (χ3n) is 17.2. The molecule has 13 nitrogen and oxygen atoms in total. The van der Waals surface area contributed by atoms with E-state index >= 15 is 0 Å². The molecule has 0 amide bonds. The molecule has 314 valence electrons. The van der Waals surface area contributed by atoms with Gasteiger partial charge in [-0.2, -0.15) is 0 Å². The van der Waals surface area contributed by atoms with Crippen molar-refractivity contribution in [2.45, 2.75) is 180 Å². The molecule has 2 heterocycles. The number of fused-ring (bicyclic) bond motifs is 7. The van der Waals surface area contributed by atoms with Crippen LogP contribution in [0.5, 0.6) is 0 Å². The van der Waals surface area contributed by atoms with Gasteiger partial charge >= 0.3 is 5.97 Å². The van der Waals surface area contributed by atoms with E-state index in [1.807, 2.05) is 0 Å². The summed E-state index contributed by atoms with van der Waals surface area (Å²) in [5.74, 6) is 0.0886. The van der Waals surface area contributed by atoms with Crippen LogP contribution in [0.1, 0.15) is 113 Å². The molecule has 0 aromatic rings. The molecule has 6 fully saturated rings. The summed E-state index contributed by atoms with van der Waals surface area (Å²) in [4.78, 5) is 13.0. The molecule has 0 unspecified atom stereocenters. The van der Waals surface area contributed by atoms with Gasteiger partial charge in [-0.1, -0.05) is 60.1 Å². The first-order chi connectivity index (χ1) is 25.6. The maximum atomic E-state index is 13.0. The molecular weight excluding hydrogens is 712 g/mol. The van der Waals surface area contributed by atoms with E-state index in [1.54, 1.807) is 0 Å². The number of aliphatic hydroxyl groups excluding tert-OH is 7. The molecule has 4 saturated carbocycles. The molecule has 8 N–H and O–H groups in total. The highest BCUT2D eigenvalue weighted by Gasteiger charge is 2.69. The van der Waals surface area contributed by atoms with Gasteiger partial charge in [0.25, 0.3) is 0 Å². The molecule has 7 rings (SSSR count). The van der Waals surface area contributed by atoms with Crippen LogP contribution in [0, 0.1) is 50.2 Å². The number of ether oxygens (including phenoxy) is 4. The van der Waals surface area contributed by atoms with Gasteiger partial charge in [0, 0.05) is 0 Å². The summed E-state index contributed by atoms with van der Waals surface area (Å²) in [7, 11) is 0. The minimum Gasteiger partial charge on any atom is -0.481 e. The molecule has 0 spiro atoms. The Kier molecular flexibility index (Phi) is 10.8. The van der Waals surface area contributed by atoms with Gasteiger partial charge in [-0.3, -0.25) is 4.79 Å². The van der Waals surface area contributed by atoms with Crippen molar-refractivity contribution < 1.29 is 64.6 Å². The minimum absolute atomic E-state index is 0.00451. The number of hydrogen-bond acceptors (Lipinski definition) is 12. The van der Waals surface area contributed by atoms with Crippen LogP contribution < -0.4 is 0 Å². The van der Waals surface area contributed by atoms with Crippen LogP contribution in [-0.2, 0) is 23.7 Å². The largest absolute Gasteiger partial charge is 0.481 e. The first kappa shape index (κ1) is 41.9. The average Bonchev–Trinajstić information content (AvgIpc) is 3.12. The fourth-order valence-electron chi connectivity index (χ4n) is 13.6. The summed E-state index contributed by atoms with van der Waals surface area (Å²) in [6.07, 6.45) is -3.90. The van der Waals surface area contributed by atoms with E-state index in [0.717, 1.165) is 57.8 Å². The molecule has 13 heteroatoms. The molecule has 18 atom stereocenters. The van der Waals surface area contributed by atoms with E-state index in [2.05, 4.69) is 54.5 Å². The summed E-state index contributed by atoms with van der Waals surface area (Å²) < 4.78 is 23.7. The molecule has 0 aromatic heterocycles. The number of carbonyl (C=O) groups is 1. The predicted octanol–water partition coefficient (Wildman–Crippen LogP) is 2.88. The standard InChI is InChI=1S/C42H68O13/c1-37(2)14-16-42(36(50)51)17-15-40(6)21(22(42)18-37)8-9-26-39(5)12-11-27(38(3,4)25(39)10-13-41(26,40)7)55-35-33(49)31(47)29(45)24(54-35)20-52-34-32(48)30(46)28(44)23(19-43)53-34/h8,22-35,43-49H,9-20H2,1-7H3,(H,50,51)/t22-,23+,24+,25-,26+,27-,28-,29+,30-,31-,32+,33+,34+,35-,39-,40+,41+,42-/m0/s1. The Morgan fingerprint density at radius 1 is 0.745 bits per heavy atom. The Bertz CT molecular complexity index is 1480. The van der Waals surface area contributed by atoms with E-state index in [0.29, 0.717) is 12.3 Å². The molecule has 2 aliphatic heterocycles. The first-order valence-corrected chi connectivity index (χ1v) is 20.8. The van der Waals surface area contributed by atoms with E-state index in [9.17, 15) is 45.6 Å². The van der Waals surface area contributed by atoms with Gasteiger partial charge in [0.2, 0.25) is 0 Å². The second kappa shape index (κ2) is 14.2. The average molecular weight is 781 g/mol. The number of aliphatic carboxylic acids is 1. The van der Waals surface area contributed by atoms with Gasteiger partial charge in [0.05, 0.1) is 24.7 Å². The second-order valence-electron chi connectivity index (χ2n) is 20.7. The summed E-state index contributed by atoms with van der Waals surface area (Å²) in [5, 5.41) is 83.8. The highest BCUT2D eigenvalue weighted by atomic mass is 16.7. The van der Waals surface area contributed by atoms with Crippen LogP contribution in [0.2, 0.25) is 0 Å². The normalized spacial score (nSPS) is 53.2. The minimum atomic E-state index is -1.65. The maximum Gasteiger partial charge on any atom is 0.310 e. The van der Waals surface area contributed by atoms with Crippen molar-refractivity contribution >= 4 is 5.97 Å². The first-order valence-electron chi connectivity index (χ1n) is 20.8. The number of aliphatic hydroxyl groups is 7. The third-order valence-corrected chi connectivity index (χ3v) is 17.2. The van der Waals surface area contributed by atoms with Crippen LogP contribution in [-0.4, -0.2) is 128 Å². The Morgan fingerprint density at radius 2 is 1.36 bits per heavy atom. The van der Waals surface area contributed by atoms with Crippen molar-refractivity contribution in [2.75, 3.05) is 13.2 Å². The van der Waals surface area contributed by atoms with Gasteiger partial charge in [-0.05, 0) is 109 Å². The highest BCUT2D eigenvalue weighted by molar-refractivity contribution is 5.76. The van der Waals surface area contributed by atoms with Crippen LogP contribution in [0.15, 0.2) is 11.6 Å². The van der Waals surface area contributed by atoms with E-state index in [-0.39, 0.29) is 45.0 Å². The lowest BCUT2D eigenvalue weighted by Gasteiger charge is -2.71. The summed E-state index contributed by atoms with van der Waals surface area (Å²) in [6.45, 7) is 15.4. The number of carboxylic acids is 1. The van der Waals surface area contributed by atoms with Gasteiger partial charge in [0.15, 0.2) is 12.6 Å². The van der Waals surface area contributed by atoms with Gasteiger partial charge in [0.1, 0.15) is 48.8 Å². The molecule has 5 aliphatic carbocycles. The van der Waals surface area contributed by atoms with Crippen LogP contribution >= 0.6 is 0 Å². The van der Waals surface area contributed by atoms with Crippen LogP contribution in [0.3, 0.4) is 0 Å². The lowest BCUT2D eigenvalue weighted by atomic mass is 9.33. The van der Waals surface area contributed by atoms with Crippen molar-refractivity contribution in [1.82, 2.24) is 0 Å². The van der Waals surface area contributed by atoms with E-state index in [4.69, 9.17) is 18.9 Å². The lowest BCUT2D eigenvalue weighted by molar-refractivity contribution is -0.345. The number of carboxylic acid groups (broad SMARTS) is 1. The monoisotopic (exact) mass is 780 g/mol. The molecule has 0 radical (unpaired) electrons. The smallest absolute Gasteiger partial charge is 0.310 e. The van der Waals surface area contributed by atoms with Crippen molar-refractivity contribution in [3.05, 3.63) is 11.6 Å². The molecule has 0 aromatic carbocycles. The fourth-order valence-corrected chi connectivity index (χ4v) is 13.6. The zero-order chi connectivity index (χ0) is 40.3. The number of rotatable bonds is 7. The Balaban J connectivity index is 1.08. The second-order valence-corrected chi connectivity index (χ2v) is 20.7. The zero-order valence-electron chi connectivity index (χ0n) is 33.8. The zero-order valence-corrected chi connectivity index (χ0v) is 33.8. The van der Waals surface area contributed by atoms with Gasteiger partial charge < -0.3 is 59.8 Å². The summed E-state index contributed by atoms with van der Waals surface area (Å²) >= 11 is 0. The lowest BCUT2D eigenvalue weighted by Crippen LogP contribution is -2.66. The van der Waals surface area contributed by atoms with Crippen LogP contribution in [0.25, 0.3) is 0 Å². The van der Waals surface area contributed by atoms with Gasteiger partial charge in [-0.25, -0.2) is 0 Å². The molecular formula is C42H68O13. The topological polar surface area (TPSA) is 216 Å². The maximum absolute atomic E-state index is 13.0. The summed E-state index contributed by atoms with van der Waals surface area (Å²) in [5.41, 5.74) is 0.344. The number of allylic oxidation sites excluding steroid dienone is 2.